The molecule has 2 fully saturated rings. The number of halogens is 1. The zero-order valence-corrected chi connectivity index (χ0v) is 11.4. The summed E-state index contributed by atoms with van der Waals surface area (Å²) < 4.78 is 6.12. The van der Waals surface area contributed by atoms with Crippen molar-refractivity contribution in [1.29, 1.82) is 0 Å². The van der Waals surface area contributed by atoms with Gasteiger partial charge in [0.1, 0.15) is 0 Å². The summed E-state index contributed by atoms with van der Waals surface area (Å²) in [5, 5.41) is 4.30. The van der Waals surface area contributed by atoms with Crippen LogP contribution >= 0.6 is 11.6 Å². The Morgan fingerprint density at radius 1 is 1.28 bits per heavy atom. The molecule has 0 amide bonds. The quantitative estimate of drug-likeness (QED) is 0.888. The Morgan fingerprint density at radius 2 is 2.06 bits per heavy atom. The van der Waals surface area contributed by atoms with Crippen LogP contribution in [-0.2, 0) is 11.2 Å². The van der Waals surface area contributed by atoms with Gasteiger partial charge >= 0.3 is 0 Å². The first-order chi connectivity index (χ1) is 8.77. The van der Waals surface area contributed by atoms with Gasteiger partial charge in [-0.2, -0.15) is 0 Å². The Labute approximate surface area is 114 Å². The standard InChI is InChI=1S/C15H20ClNO/c16-14-4-2-1-3-13(14)9-12-10-15(18-11-12)5-7-17-8-6-15/h1-4,12,17H,5-11H2/t12-/m0/s1. The van der Waals surface area contributed by atoms with Crippen LogP contribution in [0.5, 0.6) is 0 Å². The van der Waals surface area contributed by atoms with Crippen LogP contribution in [0.4, 0.5) is 0 Å². The van der Waals surface area contributed by atoms with Crippen molar-refractivity contribution in [2.75, 3.05) is 19.7 Å². The first-order valence-electron chi connectivity index (χ1n) is 6.86. The molecule has 1 aromatic carbocycles. The van der Waals surface area contributed by atoms with Crippen LogP contribution in [-0.4, -0.2) is 25.3 Å². The van der Waals surface area contributed by atoms with Gasteiger partial charge in [0, 0.05) is 5.02 Å². The lowest BCUT2D eigenvalue weighted by atomic mass is 9.84. The minimum Gasteiger partial charge on any atom is -0.375 e. The van der Waals surface area contributed by atoms with Crippen LogP contribution in [0, 0.1) is 5.92 Å². The second-order valence-corrected chi connectivity index (χ2v) is 6.02. The van der Waals surface area contributed by atoms with Crippen LogP contribution in [0.25, 0.3) is 0 Å². The van der Waals surface area contributed by atoms with Crippen LogP contribution < -0.4 is 5.32 Å². The van der Waals surface area contributed by atoms with Gasteiger partial charge in [-0.25, -0.2) is 0 Å². The van der Waals surface area contributed by atoms with E-state index in [4.69, 9.17) is 16.3 Å². The summed E-state index contributed by atoms with van der Waals surface area (Å²) in [6.45, 7) is 3.09. The second-order valence-electron chi connectivity index (χ2n) is 5.61. The number of hydrogen-bond acceptors (Lipinski definition) is 2. The Kier molecular flexibility index (Phi) is 3.60. The molecule has 2 aliphatic heterocycles. The Bertz CT molecular complexity index is 415. The number of ether oxygens (including phenoxy) is 1. The fourth-order valence-corrected chi connectivity index (χ4v) is 3.49. The van der Waals surface area contributed by atoms with Gasteiger partial charge in [-0.3, -0.25) is 0 Å². The van der Waals surface area contributed by atoms with Gasteiger partial charge in [-0.1, -0.05) is 29.8 Å². The summed E-state index contributed by atoms with van der Waals surface area (Å²) in [7, 11) is 0. The van der Waals surface area contributed by atoms with E-state index >= 15 is 0 Å². The average Bonchev–Trinajstić information content (AvgIpc) is 2.76. The third-order valence-corrected chi connectivity index (χ3v) is 4.64. The first kappa shape index (κ1) is 12.5. The molecule has 1 aromatic rings. The molecule has 0 unspecified atom stereocenters. The summed E-state index contributed by atoms with van der Waals surface area (Å²) in [5.41, 5.74) is 1.43. The van der Waals surface area contributed by atoms with Gasteiger partial charge in [0.15, 0.2) is 0 Å². The molecule has 2 saturated heterocycles. The molecule has 0 saturated carbocycles. The van der Waals surface area contributed by atoms with E-state index in [1.165, 1.54) is 12.0 Å². The normalized spacial score (nSPS) is 26.6. The highest BCUT2D eigenvalue weighted by atomic mass is 35.5. The van der Waals surface area contributed by atoms with Crippen LogP contribution in [0.15, 0.2) is 24.3 Å². The minimum absolute atomic E-state index is 0.164. The molecule has 18 heavy (non-hydrogen) atoms. The maximum absolute atomic E-state index is 6.23. The Hall–Kier alpha value is -0.570. The molecule has 0 aromatic heterocycles. The molecule has 0 aliphatic carbocycles. The highest BCUT2D eigenvalue weighted by Crippen LogP contribution is 2.38. The number of nitrogens with one attached hydrogen (secondary N) is 1. The topological polar surface area (TPSA) is 21.3 Å². The van der Waals surface area contributed by atoms with Crippen molar-refractivity contribution in [3.63, 3.8) is 0 Å². The SMILES string of the molecule is Clc1ccccc1C[C@@H]1COC2(CCNCC2)C1. The fourth-order valence-electron chi connectivity index (χ4n) is 3.28. The number of hydrogen-bond donors (Lipinski definition) is 1. The van der Waals surface area contributed by atoms with E-state index in [0.29, 0.717) is 5.92 Å². The van der Waals surface area contributed by atoms with Gasteiger partial charge in [0.2, 0.25) is 0 Å². The van der Waals surface area contributed by atoms with E-state index in [1.807, 2.05) is 12.1 Å². The summed E-state index contributed by atoms with van der Waals surface area (Å²) in [6, 6.07) is 8.17. The van der Waals surface area contributed by atoms with E-state index in [2.05, 4.69) is 17.4 Å². The molecule has 1 atom stereocenters. The predicted octanol–water partition coefficient (Wildman–Crippen LogP) is 3.04. The van der Waals surface area contributed by atoms with Crippen LogP contribution in [0.1, 0.15) is 24.8 Å². The lowest BCUT2D eigenvalue weighted by Gasteiger charge is -2.33. The lowest BCUT2D eigenvalue weighted by Crippen LogP contribution is -2.41. The van der Waals surface area contributed by atoms with Crippen molar-refractivity contribution in [2.45, 2.75) is 31.3 Å². The average molecular weight is 266 g/mol. The van der Waals surface area contributed by atoms with Crippen molar-refractivity contribution >= 4 is 11.6 Å². The number of benzene rings is 1. The van der Waals surface area contributed by atoms with Gasteiger partial charge in [0.25, 0.3) is 0 Å². The van der Waals surface area contributed by atoms with Crippen molar-refractivity contribution in [3.8, 4) is 0 Å². The zero-order chi connectivity index (χ0) is 12.4. The monoisotopic (exact) mass is 265 g/mol. The van der Waals surface area contributed by atoms with Crippen molar-refractivity contribution in [1.82, 2.24) is 5.32 Å². The van der Waals surface area contributed by atoms with E-state index in [1.54, 1.807) is 0 Å². The van der Waals surface area contributed by atoms with E-state index in [-0.39, 0.29) is 5.60 Å². The fraction of sp³-hybridized carbons (Fsp3) is 0.600. The highest BCUT2D eigenvalue weighted by Gasteiger charge is 2.40. The molecule has 3 heteroatoms. The summed E-state index contributed by atoms with van der Waals surface area (Å²) in [5.74, 6) is 0.628. The molecule has 1 N–H and O–H groups in total. The van der Waals surface area contributed by atoms with E-state index < -0.39 is 0 Å². The highest BCUT2D eigenvalue weighted by molar-refractivity contribution is 6.31. The molecule has 2 aliphatic rings. The Balaban J connectivity index is 1.64. The maximum atomic E-state index is 6.23. The largest absolute Gasteiger partial charge is 0.375 e. The first-order valence-corrected chi connectivity index (χ1v) is 7.23. The van der Waals surface area contributed by atoms with Gasteiger partial charge < -0.3 is 10.1 Å². The molecular weight excluding hydrogens is 246 g/mol. The predicted molar refractivity (Wildman–Crippen MR) is 74.0 cm³/mol. The van der Waals surface area contributed by atoms with Crippen LogP contribution in [0.3, 0.4) is 0 Å². The smallest absolute Gasteiger partial charge is 0.0710 e. The third-order valence-electron chi connectivity index (χ3n) is 4.27. The molecular formula is C15H20ClNO. The third kappa shape index (κ3) is 2.56. The summed E-state index contributed by atoms with van der Waals surface area (Å²) >= 11 is 6.23. The number of piperidine rings is 1. The van der Waals surface area contributed by atoms with Crippen LogP contribution in [0.2, 0.25) is 5.02 Å². The molecule has 98 valence electrons. The van der Waals surface area contributed by atoms with Crippen molar-refractivity contribution < 1.29 is 4.74 Å². The van der Waals surface area contributed by atoms with E-state index in [9.17, 15) is 0 Å². The summed E-state index contributed by atoms with van der Waals surface area (Å²) in [6.07, 6.45) is 4.56. The summed E-state index contributed by atoms with van der Waals surface area (Å²) in [4.78, 5) is 0. The molecule has 3 rings (SSSR count). The zero-order valence-electron chi connectivity index (χ0n) is 10.6. The molecule has 2 nitrogen and oxygen atoms in total. The lowest BCUT2D eigenvalue weighted by molar-refractivity contribution is -0.0196. The van der Waals surface area contributed by atoms with Crippen molar-refractivity contribution in [2.24, 2.45) is 5.92 Å². The van der Waals surface area contributed by atoms with Gasteiger partial charge in [-0.15, -0.1) is 0 Å². The van der Waals surface area contributed by atoms with E-state index in [0.717, 1.165) is 44.0 Å². The Morgan fingerprint density at radius 3 is 2.83 bits per heavy atom. The minimum atomic E-state index is 0.164. The second kappa shape index (κ2) is 5.20. The van der Waals surface area contributed by atoms with Crippen molar-refractivity contribution in [3.05, 3.63) is 34.9 Å². The molecule has 1 spiro atoms. The van der Waals surface area contributed by atoms with Gasteiger partial charge in [-0.05, 0) is 56.3 Å². The van der Waals surface area contributed by atoms with Gasteiger partial charge in [0.05, 0.1) is 12.2 Å². The molecule has 2 heterocycles. The number of rotatable bonds is 2. The maximum Gasteiger partial charge on any atom is 0.0710 e. The molecule has 0 bridgehead atoms. The molecule has 0 radical (unpaired) electrons.